The summed E-state index contributed by atoms with van der Waals surface area (Å²) < 4.78 is 38.4. The maximum Gasteiger partial charge on any atom is 0.294 e. The van der Waals surface area contributed by atoms with Crippen LogP contribution in [0.15, 0.2) is 27.6 Å². The molecule has 1 heterocycles. The van der Waals surface area contributed by atoms with Gasteiger partial charge in [0.2, 0.25) is 0 Å². The summed E-state index contributed by atoms with van der Waals surface area (Å²) in [5.41, 5.74) is 0.669. The van der Waals surface area contributed by atoms with E-state index in [1.165, 1.54) is 6.07 Å². The second-order valence-corrected chi connectivity index (χ2v) is 6.87. The number of rotatable bonds is 2. The fourth-order valence-corrected chi connectivity index (χ4v) is 3.50. The molecule has 1 N–H and O–H groups in total. The van der Waals surface area contributed by atoms with Crippen LogP contribution in [0.5, 0.6) is 0 Å². The quantitative estimate of drug-likeness (QED) is 0.844. The zero-order valence-corrected chi connectivity index (χ0v) is 12.4. The molecule has 4 nitrogen and oxygen atoms in total. The number of hydrogen-bond acceptors (Lipinski definition) is 3. The van der Waals surface area contributed by atoms with Gasteiger partial charge in [-0.3, -0.25) is 4.55 Å². The monoisotopic (exact) mass is 334 g/mol. The van der Waals surface area contributed by atoms with E-state index in [1.54, 1.807) is 12.1 Å². The Morgan fingerprint density at radius 3 is 2.78 bits per heavy atom. The van der Waals surface area contributed by atoms with Crippen molar-refractivity contribution in [1.29, 1.82) is 0 Å². The van der Waals surface area contributed by atoms with Crippen LogP contribution in [0, 0.1) is 0 Å². The van der Waals surface area contributed by atoms with E-state index in [1.807, 2.05) is 6.92 Å². The minimum atomic E-state index is -4.18. The molecule has 2 rings (SSSR count). The van der Waals surface area contributed by atoms with Gasteiger partial charge in [0.25, 0.3) is 10.1 Å². The minimum Gasteiger partial charge on any atom is -0.378 e. The van der Waals surface area contributed by atoms with Crippen molar-refractivity contribution in [2.75, 3.05) is 6.61 Å². The van der Waals surface area contributed by atoms with Crippen LogP contribution in [0.4, 0.5) is 0 Å². The van der Waals surface area contributed by atoms with Gasteiger partial charge < -0.3 is 4.74 Å². The highest BCUT2D eigenvalue weighted by Gasteiger charge is 2.26. The Labute approximate surface area is 115 Å². The minimum absolute atomic E-state index is 0.00444. The predicted octanol–water partition coefficient (Wildman–Crippen LogP) is 2.98. The van der Waals surface area contributed by atoms with Crippen molar-refractivity contribution < 1.29 is 17.7 Å². The van der Waals surface area contributed by atoms with E-state index in [-0.39, 0.29) is 16.9 Å². The molecule has 6 heteroatoms. The summed E-state index contributed by atoms with van der Waals surface area (Å²) in [6, 6.07) is 4.83. The first-order valence-electron chi connectivity index (χ1n) is 5.76. The summed E-state index contributed by atoms with van der Waals surface area (Å²) in [4.78, 5) is 0.00444. The van der Waals surface area contributed by atoms with Crippen LogP contribution in [-0.2, 0) is 14.9 Å². The smallest absolute Gasteiger partial charge is 0.294 e. The van der Waals surface area contributed by atoms with Gasteiger partial charge >= 0.3 is 0 Å². The molecule has 0 saturated carbocycles. The van der Waals surface area contributed by atoms with Crippen LogP contribution in [-0.4, -0.2) is 25.7 Å². The molecule has 1 aromatic carbocycles. The lowest BCUT2D eigenvalue weighted by molar-refractivity contribution is 0.0182. The number of hydrogen-bond donors (Lipinski definition) is 1. The number of benzene rings is 1. The molecule has 18 heavy (non-hydrogen) atoms. The van der Waals surface area contributed by atoms with Crippen LogP contribution < -0.4 is 0 Å². The molecule has 2 atom stereocenters. The Bertz CT molecular complexity index is 541. The van der Waals surface area contributed by atoms with Crippen LogP contribution in [0.3, 0.4) is 0 Å². The van der Waals surface area contributed by atoms with Crippen LogP contribution >= 0.6 is 15.9 Å². The topological polar surface area (TPSA) is 63.6 Å². The Hall–Kier alpha value is -0.430. The molecular weight excluding hydrogens is 320 g/mol. The molecule has 0 aromatic heterocycles. The molecule has 1 fully saturated rings. The van der Waals surface area contributed by atoms with Crippen LogP contribution in [0.2, 0.25) is 0 Å². The lowest BCUT2D eigenvalue weighted by atomic mass is 9.89. The molecule has 2 unspecified atom stereocenters. The Balaban J connectivity index is 2.45. The lowest BCUT2D eigenvalue weighted by Gasteiger charge is -2.28. The van der Waals surface area contributed by atoms with Gasteiger partial charge in [0.1, 0.15) is 0 Å². The third-order valence-electron chi connectivity index (χ3n) is 3.17. The molecule has 1 aliphatic heterocycles. The fraction of sp³-hybridized carbons (Fsp3) is 0.500. The van der Waals surface area contributed by atoms with Gasteiger partial charge in [-0.05, 0) is 49.4 Å². The standard InChI is InChI=1S/C12H15BrO4S/c1-8-6-9(4-5-17-8)11-7-10(13)2-3-12(11)18(14,15)16/h2-3,7-9H,4-6H2,1H3,(H,14,15,16). The average Bonchev–Trinajstić information content (AvgIpc) is 2.27. The third kappa shape index (κ3) is 3.12. The normalized spacial score (nSPS) is 25.1. The largest absolute Gasteiger partial charge is 0.378 e. The highest BCUT2D eigenvalue weighted by Crippen LogP contribution is 2.35. The van der Waals surface area contributed by atoms with Crippen molar-refractivity contribution in [3.8, 4) is 0 Å². The average molecular weight is 335 g/mol. The van der Waals surface area contributed by atoms with Gasteiger partial charge in [0.05, 0.1) is 11.0 Å². The second-order valence-electron chi connectivity index (χ2n) is 4.56. The van der Waals surface area contributed by atoms with Crippen LogP contribution in [0.1, 0.15) is 31.2 Å². The molecule has 1 saturated heterocycles. The maximum atomic E-state index is 11.4. The summed E-state index contributed by atoms with van der Waals surface area (Å²) in [6.07, 6.45) is 1.64. The van der Waals surface area contributed by atoms with E-state index < -0.39 is 10.1 Å². The van der Waals surface area contributed by atoms with E-state index in [2.05, 4.69) is 15.9 Å². The SMILES string of the molecule is CC1CC(c2cc(Br)ccc2S(=O)(=O)O)CCO1. The highest BCUT2D eigenvalue weighted by atomic mass is 79.9. The van der Waals surface area contributed by atoms with Crippen molar-refractivity contribution in [3.63, 3.8) is 0 Å². The van der Waals surface area contributed by atoms with E-state index in [0.29, 0.717) is 12.2 Å². The van der Waals surface area contributed by atoms with Crippen molar-refractivity contribution in [2.24, 2.45) is 0 Å². The molecule has 0 aliphatic carbocycles. The summed E-state index contributed by atoms with van der Waals surface area (Å²) in [7, 11) is -4.18. The first kappa shape index (κ1) is 14.0. The molecule has 0 amide bonds. The summed E-state index contributed by atoms with van der Waals surface area (Å²) in [5, 5.41) is 0. The van der Waals surface area contributed by atoms with E-state index in [4.69, 9.17) is 4.74 Å². The molecular formula is C12H15BrO4S. The van der Waals surface area contributed by atoms with Crippen molar-refractivity contribution in [1.82, 2.24) is 0 Å². The summed E-state index contributed by atoms with van der Waals surface area (Å²) >= 11 is 3.34. The van der Waals surface area contributed by atoms with Crippen LogP contribution in [0.25, 0.3) is 0 Å². The van der Waals surface area contributed by atoms with E-state index >= 15 is 0 Å². The van der Waals surface area contributed by atoms with E-state index in [9.17, 15) is 13.0 Å². The molecule has 1 aliphatic rings. The third-order valence-corrected chi connectivity index (χ3v) is 4.60. The van der Waals surface area contributed by atoms with Gasteiger partial charge in [0.15, 0.2) is 0 Å². The summed E-state index contributed by atoms with van der Waals surface area (Å²) in [5.74, 6) is 0.100. The molecule has 0 radical (unpaired) electrons. The zero-order chi connectivity index (χ0) is 13.3. The Morgan fingerprint density at radius 2 is 2.17 bits per heavy atom. The number of ether oxygens (including phenoxy) is 1. The molecule has 0 spiro atoms. The van der Waals surface area contributed by atoms with Gasteiger partial charge in [-0.1, -0.05) is 15.9 Å². The second kappa shape index (κ2) is 5.28. The first-order chi connectivity index (χ1) is 8.38. The van der Waals surface area contributed by atoms with E-state index in [0.717, 1.165) is 17.3 Å². The number of halogens is 1. The first-order valence-corrected chi connectivity index (χ1v) is 8.00. The zero-order valence-electron chi connectivity index (χ0n) is 9.97. The molecule has 0 bridgehead atoms. The van der Waals surface area contributed by atoms with Gasteiger partial charge in [-0.25, -0.2) is 0 Å². The molecule has 100 valence electrons. The van der Waals surface area contributed by atoms with Gasteiger partial charge in [0, 0.05) is 11.1 Å². The van der Waals surface area contributed by atoms with Gasteiger partial charge in [-0.15, -0.1) is 0 Å². The Morgan fingerprint density at radius 1 is 1.44 bits per heavy atom. The highest BCUT2D eigenvalue weighted by molar-refractivity contribution is 9.10. The fourth-order valence-electron chi connectivity index (χ4n) is 2.35. The lowest BCUT2D eigenvalue weighted by Crippen LogP contribution is -2.23. The molecule has 1 aromatic rings. The predicted molar refractivity (Wildman–Crippen MR) is 71.3 cm³/mol. The maximum absolute atomic E-state index is 11.4. The van der Waals surface area contributed by atoms with Crippen molar-refractivity contribution in [3.05, 3.63) is 28.2 Å². The van der Waals surface area contributed by atoms with Crippen molar-refractivity contribution >= 4 is 26.0 Å². The van der Waals surface area contributed by atoms with Crippen molar-refractivity contribution in [2.45, 2.75) is 36.7 Å². The van der Waals surface area contributed by atoms with Gasteiger partial charge in [-0.2, -0.15) is 8.42 Å². The Kier molecular flexibility index (Phi) is 4.11. The summed E-state index contributed by atoms with van der Waals surface area (Å²) in [6.45, 7) is 2.58.